The van der Waals surface area contributed by atoms with E-state index in [1.807, 2.05) is 13.8 Å². The van der Waals surface area contributed by atoms with E-state index in [1.165, 1.54) is 0 Å². The van der Waals surface area contributed by atoms with Crippen LogP contribution in [0.4, 0.5) is 0 Å². The Hall–Kier alpha value is -0.160. The van der Waals surface area contributed by atoms with Crippen LogP contribution in [0.25, 0.3) is 0 Å². The van der Waals surface area contributed by atoms with Gasteiger partial charge in [0.2, 0.25) is 0 Å². The number of hydrogen-bond acceptors (Lipinski definition) is 4. The highest BCUT2D eigenvalue weighted by atomic mass is 16.5. The fourth-order valence-corrected chi connectivity index (χ4v) is 0.729. The molecular weight excluding hydrogens is 172 g/mol. The van der Waals surface area contributed by atoms with Crippen molar-refractivity contribution in [1.82, 2.24) is 0 Å². The molecule has 0 saturated carbocycles. The van der Waals surface area contributed by atoms with Gasteiger partial charge in [0.15, 0.2) is 0 Å². The molecule has 0 atom stereocenters. The van der Waals surface area contributed by atoms with E-state index in [-0.39, 0.29) is 12.7 Å². The quantitative estimate of drug-likeness (QED) is 0.538. The lowest BCUT2D eigenvalue weighted by Gasteiger charge is -2.07. The first kappa shape index (κ1) is 12.8. The average molecular weight is 192 g/mol. The summed E-state index contributed by atoms with van der Waals surface area (Å²) in [4.78, 5) is 0. The van der Waals surface area contributed by atoms with Crippen molar-refractivity contribution < 1.29 is 19.3 Å². The van der Waals surface area contributed by atoms with Gasteiger partial charge in [0.05, 0.1) is 45.7 Å². The number of rotatable bonds is 9. The summed E-state index contributed by atoms with van der Waals surface area (Å²) in [5, 5.41) is 8.38. The highest BCUT2D eigenvalue weighted by Crippen LogP contribution is 1.87. The van der Waals surface area contributed by atoms with Gasteiger partial charge in [-0.05, 0) is 13.8 Å². The Kier molecular flexibility index (Phi) is 9.80. The van der Waals surface area contributed by atoms with Gasteiger partial charge in [-0.3, -0.25) is 0 Å². The van der Waals surface area contributed by atoms with Gasteiger partial charge in [0, 0.05) is 0 Å². The molecule has 1 N–H and O–H groups in total. The van der Waals surface area contributed by atoms with Crippen LogP contribution in [0.15, 0.2) is 0 Å². The zero-order valence-electron chi connectivity index (χ0n) is 8.49. The van der Waals surface area contributed by atoms with Gasteiger partial charge >= 0.3 is 0 Å². The molecule has 0 spiro atoms. The summed E-state index contributed by atoms with van der Waals surface area (Å²) in [6, 6.07) is 0. The number of aliphatic hydroxyl groups is 1. The lowest BCUT2D eigenvalue weighted by atomic mass is 10.5. The lowest BCUT2D eigenvalue weighted by Crippen LogP contribution is -2.12. The van der Waals surface area contributed by atoms with E-state index < -0.39 is 0 Å². The van der Waals surface area contributed by atoms with Crippen LogP contribution in [0.3, 0.4) is 0 Å². The molecule has 0 amide bonds. The third kappa shape index (κ3) is 11.8. The molecule has 13 heavy (non-hydrogen) atoms. The van der Waals surface area contributed by atoms with Gasteiger partial charge in [-0.2, -0.15) is 0 Å². The Labute approximate surface area is 79.8 Å². The van der Waals surface area contributed by atoms with Crippen LogP contribution in [0.1, 0.15) is 13.8 Å². The van der Waals surface area contributed by atoms with Crippen LogP contribution in [0.2, 0.25) is 0 Å². The monoisotopic (exact) mass is 192 g/mol. The standard InChI is InChI=1S/C9H20O4/c1-9(2)13-8-7-12-6-5-11-4-3-10/h9-10H,3-8H2,1-2H3. The second kappa shape index (κ2) is 9.92. The van der Waals surface area contributed by atoms with E-state index in [2.05, 4.69) is 0 Å². The van der Waals surface area contributed by atoms with Crippen molar-refractivity contribution in [3.05, 3.63) is 0 Å². The SMILES string of the molecule is CC(C)OCCOCCOCCO. The molecule has 0 aliphatic carbocycles. The lowest BCUT2D eigenvalue weighted by molar-refractivity contribution is -0.00570. The van der Waals surface area contributed by atoms with Crippen molar-refractivity contribution >= 4 is 0 Å². The second-order valence-corrected chi connectivity index (χ2v) is 2.87. The molecular formula is C9H20O4. The first-order valence-electron chi connectivity index (χ1n) is 4.65. The van der Waals surface area contributed by atoms with Gasteiger partial charge in [0.25, 0.3) is 0 Å². The topological polar surface area (TPSA) is 47.9 Å². The largest absolute Gasteiger partial charge is 0.394 e. The molecule has 0 aromatic heterocycles. The highest BCUT2D eigenvalue weighted by Gasteiger charge is 1.93. The van der Waals surface area contributed by atoms with Crippen LogP contribution in [0, 0.1) is 0 Å². The van der Waals surface area contributed by atoms with Crippen molar-refractivity contribution in [3.63, 3.8) is 0 Å². The summed E-state index contributed by atoms with van der Waals surface area (Å²) in [6.07, 6.45) is 0.259. The fraction of sp³-hybridized carbons (Fsp3) is 1.00. The Bertz CT molecular complexity index is 95.6. The van der Waals surface area contributed by atoms with Crippen molar-refractivity contribution in [2.75, 3.05) is 39.6 Å². The van der Waals surface area contributed by atoms with E-state index >= 15 is 0 Å². The number of hydrogen-bond donors (Lipinski definition) is 1. The molecule has 0 aromatic rings. The third-order valence-corrected chi connectivity index (χ3v) is 1.29. The van der Waals surface area contributed by atoms with Crippen LogP contribution in [-0.4, -0.2) is 50.9 Å². The van der Waals surface area contributed by atoms with E-state index in [1.54, 1.807) is 0 Å². The van der Waals surface area contributed by atoms with Gasteiger partial charge in [-0.1, -0.05) is 0 Å². The van der Waals surface area contributed by atoms with Crippen molar-refractivity contribution in [1.29, 1.82) is 0 Å². The molecule has 4 heteroatoms. The third-order valence-electron chi connectivity index (χ3n) is 1.29. The molecule has 0 aliphatic heterocycles. The summed E-state index contributed by atoms with van der Waals surface area (Å²) < 4.78 is 15.5. The molecule has 0 aromatic carbocycles. The summed E-state index contributed by atoms with van der Waals surface area (Å²) in [7, 11) is 0. The molecule has 0 aliphatic rings. The van der Waals surface area contributed by atoms with E-state index in [9.17, 15) is 0 Å². The molecule has 0 saturated heterocycles. The molecule has 0 unspecified atom stereocenters. The van der Waals surface area contributed by atoms with Crippen LogP contribution in [-0.2, 0) is 14.2 Å². The second-order valence-electron chi connectivity index (χ2n) is 2.87. The minimum Gasteiger partial charge on any atom is -0.394 e. The summed E-state index contributed by atoms with van der Waals surface area (Å²) in [5.41, 5.74) is 0. The van der Waals surface area contributed by atoms with Crippen molar-refractivity contribution in [3.8, 4) is 0 Å². The maximum Gasteiger partial charge on any atom is 0.0703 e. The number of aliphatic hydroxyl groups excluding tert-OH is 1. The van der Waals surface area contributed by atoms with E-state index in [0.29, 0.717) is 33.0 Å². The predicted molar refractivity (Wildman–Crippen MR) is 49.8 cm³/mol. The van der Waals surface area contributed by atoms with Crippen LogP contribution < -0.4 is 0 Å². The molecule has 0 heterocycles. The summed E-state index contributed by atoms with van der Waals surface area (Å²) in [5.74, 6) is 0. The van der Waals surface area contributed by atoms with Gasteiger partial charge in [0.1, 0.15) is 0 Å². The Balaban J connectivity index is 2.84. The molecule has 4 nitrogen and oxygen atoms in total. The Morgan fingerprint density at radius 2 is 1.46 bits per heavy atom. The van der Waals surface area contributed by atoms with Gasteiger partial charge in [-0.15, -0.1) is 0 Å². The molecule has 0 radical (unpaired) electrons. The average Bonchev–Trinajstić information content (AvgIpc) is 2.09. The molecule has 80 valence electrons. The zero-order valence-corrected chi connectivity index (χ0v) is 8.49. The fourth-order valence-electron chi connectivity index (χ4n) is 0.729. The predicted octanol–water partition coefficient (Wildman–Crippen LogP) is 0.437. The smallest absolute Gasteiger partial charge is 0.0703 e. The summed E-state index contributed by atoms with van der Waals surface area (Å²) in [6.45, 7) is 6.74. The summed E-state index contributed by atoms with van der Waals surface area (Å²) >= 11 is 0. The van der Waals surface area contributed by atoms with E-state index in [4.69, 9.17) is 19.3 Å². The van der Waals surface area contributed by atoms with E-state index in [0.717, 1.165) is 0 Å². The molecule has 0 rings (SSSR count). The van der Waals surface area contributed by atoms with Crippen LogP contribution in [0.5, 0.6) is 0 Å². The molecule has 0 fully saturated rings. The maximum absolute atomic E-state index is 8.38. The van der Waals surface area contributed by atoms with Crippen molar-refractivity contribution in [2.45, 2.75) is 20.0 Å². The van der Waals surface area contributed by atoms with Gasteiger partial charge in [-0.25, -0.2) is 0 Å². The first-order chi connectivity index (χ1) is 6.27. The maximum atomic E-state index is 8.38. The normalized spacial score (nSPS) is 11.1. The number of ether oxygens (including phenoxy) is 3. The van der Waals surface area contributed by atoms with Gasteiger partial charge < -0.3 is 19.3 Å². The minimum atomic E-state index is 0.0659. The van der Waals surface area contributed by atoms with Crippen LogP contribution >= 0.6 is 0 Å². The first-order valence-corrected chi connectivity index (χ1v) is 4.65. The Morgan fingerprint density at radius 1 is 0.923 bits per heavy atom. The minimum absolute atomic E-state index is 0.0659. The highest BCUT2D eigenvalue weighted by molar-refractivity contribution is 4.37. The molecule has 0 bridgehead atoms. The zero-order chi connectivity index (χ0) is 9.94. The Morgan fingerprint density at radius 3 is 2.00 bits per heavy atom. The van der Waals surface area contributed by atoms with Crippen molar-refractivity contribution in [2.24, 2.45) is 0 Å².